The van der Waals surface area contributed by atoms with E-state index < -0.39 is 16.4 Å². The molecule has 1 unspecified atom stereocenters. The number of alkyl halides is 3. The van der Waals surface area contributed by atoms with Crippen molar-refractivity contribution in [3.8, 4) is 17.3 Å². The maximum Gasteiger partial charge on any atom is 0.329 e. The van der Waals surface area contributed by atoms with E-state index in [2.05, 4.69) is 24.3 Å². The van der Waals surface area contributed by atoms with Crippen LogP contribution in [-0.4, -0.2) is 30.3 Å². The average Bonchev–Trinajstić information content (AvgIpc) is 2.65. The zero-order valence-electron chi connectivity index (χ0n) is 14.2. The minimum Gasteiger partial charge on any atom is -0.456 e. The standard InChI is InChI=1S/C17H13F3IN4O2P/c18-12-1-3-14(28)10(5-12)8-25-15(26)4-2-13(24-25)11-6-22-16(23-7-11)27-9-17(19,20)21/h1-7H,8-9,28H2. The van der Waals surface area contributed by atoms with E-state index in [1.807, 2.05) is 0 Å². The van der Waals surface area contributed by atoms with Gasteiger partial charge in [-0.25, -0.2) is 19.0 Å². The lowest BCUT2D eigenvalue weighted by atomic mass is 10.2. The molecule has 0 aliphatic heterocycles. The summed E-state index contributed by atoms with van der Waals surface area (Å²) in [6.45, 7) is -0.767. The summed E-state index contributed by atoms with van der Waals surface area (Å²) < 4.78 is 42.1. The molecule has 0 amide bonds. The lowest BCUT2D eigenvalue weighted by Gasteiger charge is -2.10. The van der Waals surface area contributed by atoms with E-state index in [9.17, 15) is 18.0 Å². The molecule has 2 heterocycles. The molecule has 3 rings (SSSR count). The number of aromatic nitrogens is 4. The van der Waals surface area contributed by atoms with Gasteiger partial charge in [0.15, 0.2) is 6.61 Å². The number of ether oxygens (including phenoxy) is 1. The van der Waals surface area contributed by atoms with Gasteiger partial charge in [-0.2, -0.15) is 13.9 Å². The van der Waals surface area contributed by atoms with Crippen LogP contribution in [0.25, 0.3) is 11.3 Å². The molecule has 0 N–H and O–H groups in total. The van der Waals surface area contributed by atoms with Crippen molar-refractivity contribution >= 4 is 37.1 Å². The zero-order chi connectivity index (χ0) is 20.3. The van der Waals surface area contributed by atoms with E-state index in [0.29, 0.717) is 16.8 Å². The molecular formula is C17H13F3IN4O2P. The average molecular weight is 520 g/mol. The summed E-state index contributed by atoms with van der Waals surface area (Å²) in [5.74, 6) is -0.411. The van der Waals surface area contributed by atoms with Gasteiger partial charge in [0, 0.05) is 46.6 Å². The van der Waals surface area contributed by atoms with Gasteiger partial charge in [-0.3, -0.25) is 4.79 Å². The van der Waals surface area contributed by atoms with Gasteiger partial charge in [0.25, 0.3) is 5.56 Å². The van der Waals surface area contributed by atoms with Gasteiger partial charge in [0.1, 0.15) is 5.82 Å². The highest BCUT2D eigenvalue weighted by Gasteiger charge is 2.25. The molecule has 0 radical (unpaired) electrons. The Hall–Kier alpha value is -2.07. The molecule has 0 bridgehead atoms. The third kappa shape index (κ3) is 5.48. The molecular weight excluding hydrogens is 507 g/mol. The van der Waals surface area contributed by atoms with Crippen molar-refractivity contribution in [2.75, 3.05) is 6.61 Å². The van der Waals surface area contributed by atoms with Crippen LogP contribution in [-0.2, 0) is 6.54 Å². The molecule has 6 nitrogen and oxygen atoms in total. The second kappa shape index (κ2) is 8.52. The summed E-state index contributed by atoms with van der Waals surface area (Å²) in [7, 11) is 2.48. The summed E-state index contributed by atoms with van der Waals surface area (Å²) in [5, 5.41) is 5.00. The third-order valence-electron chi connectivity index (χ3n) is 3.58. The molecule has 0 saturated heterocycles. The maximum absolute atomic E-state index is 13.5. The molecule has 28 heavy (non-hydrogen) atoms. The molecule has 146 valence electrons. The monoisotopic (exact) mass is 520 g/mol. The minimum atomic E-state index is -3.02. The molecule has 11 heteroatoms. The Morgan fingerprint density at radius 2 is 1.89 bits per heavy atom. The van der Waals surface area contributed by atoms with Crippen LogP contribution in [0.1, 0.15) is 5.56 Å². The second-order valence-corrected chi connectivity index (χ2v) is 7.92. The molecule has 0 fully saturated rings. The fourth-order valence-corrected chi connectivity index (χ4v) is 2.68. The number of halogens is 4. The summed E-state index contributed by atoms with van der Waals surface area (Å²) in [6, 6.07) is 6.88. The number of nitrogens with zero attached hydrogens (tertiary/aromatic N) is 4. The fraction of sp³-hybridized carbons (Fsp3) is 0.176. The first-order valence-electron chi connectivity index (χ1n) is 7.85. The molecule has 3 aromatic rings. The van der Waals surface area contributed by atoms with Crippen molar-refractivity contribution in [2.24, 2.45) is 0 Å². The van der Waals surface area contributed by atoms with Crippen LogP contribution in [0.5, 0.6) is 6.01 Å². The second-order valence-electron chi connectivity index (χ2n) is 5.72. The molecule has 0 aliphatic rings. The molecule has 0 saturated carbocycles. The Morgan fingerprint density at radius 3 is 2.57 bits per heavy atom. The Bertz CT molecular complexity index is 1040. The van der Waals surface area contributed by atoms with Crippen molar-refractivity contribution in [3.63, 3.8) is 0 Å². The van der Waals surface area contributed by atoms with Crippen molar-refractivity contribution in [1.82, 2.24) is 19.7 Å². The van der Waals surface area contributed by atoms with E-state index in [1.54, 1.807) is 6.07 Å². The van der Waals surface area contributed by atoms with Gasteiger partial charge >= 0.3 is 9.94 Å². The number of rotatable bonds is 6. The predicted molar refractivity (Wildman–Crippen MR) is 109 cm³/mol. The highest BCUT2D eigenvalue weighted by atomic mass is 127. The smallest absolute Gasteiger partial charge is 0.329 e. The predicted octanol–water partition coefficient (Wildman–Crippen LogP) is 2.79. The van der Waals surface area contributed by atoms with Crippen LogP contribution in [0, 0.1) is 5.82 Å². The molecule has 0 spiro atoms. The minimum absolute atomic E-state index is 0.0794. The zero-order valence-corrected chi connectivity index (χ0v) is 17.5. The number of hydrogen-bond acceptors (Lipinski definition) is 5. The van der Waals surface area contributed by atoms with Crippen molar-refractivity contribution < 1.29 is 17.9 Å². The lowest BCUT2D eigenvalue weighted by Crippen LogP contribution is -2.24. The van der Waals surface area contributed by atoms with E-state index in [-0.39, 0.29) is 18.1 Å². The number of benzene rings is 1. The molecule has 1 aromatic carbocycles. The highest BCUT2D eigenvalue weighted by Crippen LogP contribution is 2.23. The Labute approximate surface area is 173 Å². The van der Waals surface area contributed by atoms with Gasteiger partial charge in [0.05, 0.1) is 12.2 Å². The Balaban J connectivity index is 1.83. The van der Waals surface area contributed by atoms with Crippen LogP contribution in [0.4, 0.5) is 13.2 Å². The van der Waals surface area contributed by atoms with Gasteiger partial charge < -0.3 is 4.74 Å². The largest absolute Gasteiger partial charge is 0.456 e. The summed E-state index contributed by atoms with van der Waals surface area (Å²) in [5.41, 5.74) is 1.10. The maximum atomic E-state index is 13.5. The first-order valence-corrected chi connectivity index (χ1v) is 9.51. The first-order chi connectivity index (χ1) is 13.2. The molecule has 2 aromatic heterocycles. The van der Waals surface area contributed by atoms with Crippen LogP contribution in [0.2, 0.25) is 0 Å². The van der Waals surface area contributed by atoms with Crippen LogP contribution < -0.4 is 15.6 Å². The molecule has 1 atom stereocenters. The Morgan fingerprint density at radius 1 is 1.18 bits per heavy atom. The van der Waals surface area contributed by atoms with Gasteiger partial charge in [0.2, 0.25) is 0 Å². The van der Waals surface area contributed by atoms with E-state index in [4.69, 9.17) is 4.74 Å². The van der Waals surface area contributed by atoms with Crippen LogP contribution in [0.3, 0.4) is 0 Å². The lowest BCUT2D eigenvalue weighted by molar-refractivity contribution is 0.0603. The normalized spacial score (nSPS) is 11.5. The van der Waals surface area contributed by atoms with Gasteiger partial charge in [-0.05, 0) is 29.1 Å². The van der Waals surface area contributed by atoms with E-state index in [1.165, 1.54) is 41.3 Å². The van der Waals surface area contributed by atoms with Gasteiger partial charge in [-0.15, -0.1) is 9.24 Å². The quantitative estimate of drug-likeness (QED) is 0.284. The van der Waals surface area contributed by atoms with Gasteiger partial charge in [-0.1, -0.05) is 6.07 Å². The summed E-state index contributed by atoms with van der Waals surface area (Å²) in [6.07, 6.45) is 2.71. The van der Waals surface area contributed by atoms with Crippen molar-refractivity contribution in [3.05, 3.63) is 64.5 Å². The Kier molecular flexibility index (Phi) is 6.29. The highest BCUT2D eigenvalue weighted by molar-refractivity contribution is 14.1. The number of hydrogen-bond donors (Lipinski definition) is 0. The van der Waals surface area contributed by atoms with Crippen LogP contribution >= 0.6 is 31.8 Å². The van der Waals surface area contributed by atoms with Crippen molar-refractivity contribution in [2.45, 2.75) is 10.5 Å². The summed E-state index contributed by atoms with van der Waals surface area (Å²) >= 11 is 0.958. The third-order valence-corrected chi connectivity index (χ3v) is 4.46. The SMILES string of the molecule is O=c1ccc(-c2cnc(OCC(F)(F)I)nc2)nn1Cc1cc(F)ccc1P. The molecule has 0 aliphatic carbocycles. The van der Waals surface area contributed by atoms with Crippen molar-refractivity contribution in [1.29, 1.82) is 0 Å². The van der Waals surface area contributed by atoms with E-state index >= 15 is 0 Å². The van der Waals surface area contributed by atoms with E-state index in [0.717, 1.165) is 27.9 Å². The topological polar surface area (TPSA) is 69.9 Å². The van der Waals surface area contributed by atoms with Crippen LogP contribution in [0.15, 0.2) is 47.5 Å². The first kappa shape index (κ1) is 20.7. The fourth-order valence-electron chi connectivity index (χ4n) is 2.26. The summed E-state index contributed by atoms with van der Waals surface area (Å²) in [4.78, 5) is 19.9.